The van der Waals surface area contributed by atoms with E-state index in [1.807, 2.05) is 12.1 Å². The van der Waals surface area contributed by atoms with Crippen LogP contribution in [0.4, 0.5) is 8.78 Å². The van der Waals surface area contributed by atoms with Gasteiger partial charge in [-0.05, 0) is 36.1 Å². The number of benzene rings is 1. The van der Waals surface area contributed by atoms with E-state index >= 15 is 0 Å². The van der Waals surface area contributed by atoms with E-state index in [1.165, 1.54) is 17.7 Å². The average molecular weight is 464 g/mol. The quantitative estimate of drug-likeness (QED) is 0.561. The van der Waals surface area contributed by atoms with Crippen LogP contribution in [0.25, 0.3) is 10.2 Å². The standard InChI is InChI=1S/C22H23F2N3O4S/c1-22(23,24)21(29)26-7-5-16-17(11-26)32-19-18(16)20(28)27(12-25-19)6-4-13-8-14(30-2)10-15(9-13)31-3/h8-10,12H,4-7,11H2,1-3H3. The number of ether oxygens (including phenoxy) is 2. The molecule has 0 saturated heterocycles. The highest BCUT2D eigenvalue weighted by molar-refractivity contribution is 7.18. The number of rotatable bonds is 6. The second-order valence-electron chi connectivity index (χ2n) is 7.76. The zero-order valence-corrected chi connectivity index (χ0v) is 18.8. The van der Waals surface area contributed by atoms with Gasteiger partial charge in [0.05, 0.1) is 32.5 Å². The summed E-state index contributed by atoms with van der Waals surface area (Å²) in [7, 11) is 3.16. The normalized spacial score (nSPS) is 13.8. The first-order chi connectivity index (χ1) is 15.2. The summed E-state index contributed by atoms with van der Waals surface area (Å²) in [5.41, 5.74) is 1.60. The minimum absolute atomic E-state index is 0.0711. The van der Waals surface area contributed by atoms with Gasteiger partial charge < -0.3 is 14.4 Å². The molecule has 4 rings (SSSR count). The predicted molar refractivity (Wildman–Crippen MR) is 117 cm³/mol. The molecule has 3 heterocycles. The number of fused-ring (bicyclic) bond motifs is 3. The first-order valence-corrected chi connectivity index (χ1v) is 10.9. The molecule has 7 nitrogen and oxygen atoms in total. The van der Waals surface area contributed by atoms with Crippen molar-refractivity contribution < 1.29 is 23.0 Å². The second-order valence-corrected chi connectivity index (χ2v) is 8.85. The van der Waals surface area contributed by atoms with Gasteiger partial charge in [0.15, 0.2) is 0 Å². The van der Waals surface area contributed by atoms with Gasteiger partial charge in [-0.25, -0.2) is 4.98 Å². The predicted octanol–water partition coefficient (Wildman–Crippen LogP) is 3.26. The maximum Gasteiger partial charge on any atom is 0.322 e. The third-order valence-electron chi connectivity index (χ3n) is 5.54. The van der Waals surface area contributed by atoms with E-state index in [4.69, 9.17) is 9.47 Å². The summed E-state index contributed by atoms with van der Waals surface area (Å²) in [6.45, 7) is 1.24. The van der Waals surface area contributed by atoms with Gasteiger partial charge in [0, 0.05) is 31.0 Å². The Morgan fingerprint density at radius 3 is 2.53 bits per heavy atom. The molecule has 3 aromatic rings. The number of amides is 1. The number of methoxy groups -OCH3 is 2. The van der Waals surface area contributed by atoms with Crippen LogP contribution in [0.15, 0.2) is 29.3 Å². The van der Waals surface area contributed by atoms with Crippen LogP contribution >= 0.6 is 11.3 Å². The van der Waals surface area contributed by atoms with Crippen LogP contribution < -0.4 is 15.0 Å². The lowest BCUT2D eigenvalue weighted by atomic mass is 10.0. The lowest BCUT2D eigenvalue weighted by Crippen LogP contribution is -2.44. The lowest BCUT2D eigenvalue weighted by molar-refractivity contribution is -0.155. The summed E-state index contributed by atoms with van der Waals surface area (Å²) >= 11 is 1.28. The Morgan fingerprint density at radius 1 is 1.22 bits per heavy atom. The molecule has 32 heavy (non-hydrogen) atoms. The molecule has 1 aliphatic rings. The van der Waals surface area contributed by atoms with E-state index < -0.39 is 11.8 Å². The number of halogens is 2. The fourth-order valence-electron chi connectivity index (χ4n) is 3.89. The molecular weight excluding hydrogens is 440 g/mol. The molecule has 2 aromatic heterocycles. The minimum Gasteiger partial charge on any atom is -0.497 e. The van der Waals surface area contributed by atoms with Crippen molar-refractivity contribution in [1.82, 2.24) is 14.5 Å². The number of alkyl halides is 2. The van der Waals surface area contributed by atoms with E-state index in [2.05, 4.69) is 4.98 Å². The summed E-state index contributed by atoms with van der Waals surface area (Å²) in [6, 6.07) is 5.56. The van der Waals surface area contributed by atoms with Crippen molar-refractivity contribution in [1.29, 1.82) is 0 Å². The van der Waals surface area contributed by atoms with Crippen LogP contribution in [0.1, 0.15) is 22.9 Å². The van der Waals surface area contributed by atoms with Crippen molar-refractivity contribution in [2.24, 2.45) is 0 Å². The van der Waals surface area contributed by atoms with E-state index in [0.717, 1.165) is 20.9 Å². The van der Waals surface area contributed by atoms with Crippen molar-refractivity contribution in [2.75, 3.05) is 20.8 Å². The number of aromatic nitrogens is 2. The van der Waals surface area contributed by atoms with E-state index in [-0.39, 0.29) is 18.6 Å². The smallest absolute Gasteiger partial charge is 0.322 e. The Kier molecular flexibility index (Phi) is 5.89. The SMILES string of the molecule is COc1cc(CCn2cnc3sc4c(c3c2=O)CCN(C(=O)C(C)(F)F)C4)cc(OC)c1. The molecule has 0 spiro atoms. The Hall–Kier alpha value is -3.01. The molecule has 0 fully saturated rings. The topological polar surface area (TPSA) is 73.7 Å². The minimum atomic E-state index is -3.41. The first kappa shape index (κ1) is 22.2. The second kappa shape index (κ2) is 8.50. The largest absolute Gasteiger partial charge is 0.497 e. The van der Waals surface area contributed by atoms with Crippen LogP contribution in [-0.2, 0) is 30.7 Å². The van der Waals surface area contributed by atoms with Crippen molar-refractivity contribution >= 4 is 27.5 Å². The van der Waals surface area contributed by atoms with Gasteiger partial charge in [-0.15, -0.1) is 11.3 Å². The van der Waals surface area contributed by atoms with E-state index in [1.54, 1.807) is 24.9 Å². The molecule has 0 bridgehead atoms. The molecule has 0 aliphatic carbocycles. The average Bonchev–Trinajstić information content (AvgIpc) is 3.15. The van der Waals surface area contributed by atoms with E-state index in [9.17, 15) is 18.4 Å². The fourth-order valence-corrected chi connectivity index (χ4v) is 5.08. The van der Waals surface area contributed by atoms with Crippen molar-refractivity contribution in [2.45, 2.75) is 38.8 Å². The van der Waals surface area contributed by atoms with Crippen LogP contribution in [0.3, 0.4) is 0 Å². The third-order valence-corrected chi connectivity index (χ3v) is 6.67. The third kappa shape index (κ3) is 4.19. The van der Waals surface area contributed by atoms with Crippen molar-refractivity contribution in [3.8, 4) is 11.5 Å². The first-order valence-electron chi connectivity index (χ1n) is 10.1. The van der Waals surface area contributed by atoms with Gasteiger partial charge in [0.1, 0.15) is 16.3 Å². The summed E-state index contributed by atoms with van der Waals surface area (Å²) in [4.78, 5) is 32.0. The van der Waals surface area contributed by atoms with Crippen LogP contribution in [0, 0.1) is 0 Å². The maximum atomic E-state index is 13.4. The monoisotopic (exact) mass is 463 g/mol. The molecule has 10 heteroatoms. The molecule has 0 N–H and O–H groups in total. The van der Waals surface area contributed by atoms with Crippen molar-refractivity contribution in [3.63, 3.8) is 0 Å². The molecule has 0 atom stereocenters. The van der Waals surface area contributed by atoms with Gasteiger partial charge in [-0.3, -0.25) is 14.2 Å². The highest BCUT2D eigenvalue weighted by Crippen LogP contribution is 2.33. The van der Waals surface area contributed by atoms with E-state index in [0.29, 0.717) is 48.0 Å². The summed E-state index contributed by atoms with van der Waals surface area (Å²) in [5.74, 6) is -3.27. The van der Waals surface area contributed by atoms with Crippen LogP contribution in [0.5, 0.6) is 11.5 Å². The van der Waals surface area contributed by atoms with Gasteiger partial charge in [0.2, 0.25) is 0 Å². The molecule has 1 aromatic carbocycles. The van der Waals surface area contributed by atoms with Crippen LogP contribution in [0.2, 0.25) is 0 Å². The molecule has 0 unspecified atom stereocenters. The van der Waals surface area contributed by atoms with Gasteiger partial charge in [0.25, 0.3) is 11.5 Å². The Balaban J connectivity index is 1.60. The number of nitrogens with zero attached hydrogens (tertiary/aromatic N) is 3. The molecule has 1 amide bonds. The van der Waals surface area contributed by atoms with Crippen LogP contribution in [-0.4, -0.2) is 47.0 Å². The number of hydrogen-bond acceptors (Lipinski definition) is 6. The van der Waals surface area contributed by atoms with Gasteiger partial charge in [-0.2, -0.15) is 8.78 Å². The summed E-state index contributed by atoms with van der Waals surface area (Å²) in [6.07, 6.45) is 2.43. The number of thiophene rings is 1. The maximum absolute atomic E-state index is 13.4. The fraction of sp³-hybridized carbons (Fsp3) is 0.409. The molecule has 170 valence electrons. The molecule has 0 saturated carbocycles. The number of carbonyl (C=O) groups excluding carboxylic acids is 1. The zero-order valence-electron chi connectivity index (χ0n) is 18.0. The van der Waals surface area contributed by atoms with Gasteiger partial charge >= 0.3 is 5.92 Å². The highest BCUT2D eigenvalue weighted by Gasteiger charge is 2.38. The highest BCUT2D eigenvalue weighted by atomic mass is 32.1. The number of hydrogen-bond donors (Lipinski definition) is 0. The number of carbonyl (C=O) groups is 1. The summed E-state index contributed by atoms with van der Waals surface area (Å²) in [5, 5.41) is 0.520. The summed E-state index contributed by atoms with van der Waals surface area (Å²) < 4.78 is 39.0. The lowest BCUT2D eigenvalue weighted by Gasteiger charge is -2.28. The Labute approximate surface area is 187 Å². The molecule has 0 radical (unpaired) electrons. The zero-order chi connectivity index (χ0) is 23.0. The molecular formula is C22H23F2N3O4S. The Bertz CT molecular complexity index is 1210. The molecule has 1 aliphatic heterocycles. The Morgan fingerprint density at radius 2 is 1.91 bits per heavy atom. The number of aryl methyl sites for hydroxylation is 2. The van der Waals surface area contributed by atoms with Crippen molar-refractivity contribution in [3.05, 3.63) is 50.9 Å². The van der Waals surface area contributed by atoms with Gasteiger partial charge in [-0.1, -0.05) is 0 Å².